The normalized spacial score (nSPS) is 28.7. The van der Waals surface area contributed by atoms with Crippen LogP contribution in [0.15, 0.2) is 0 Å². The largest absolute Gasteiger partial charge is 0.340 e. The molecule has 144 valence electrons. The number of nitrogens with one attached hydrogen (secondary N) is 1. The highest BCUT2D eigenvalue weighted by Crippen LogP contribution is 2.33. The number of carbonyl (C=O) groups is 2. The lowest BCUT2D eigenvalue weighted by atomic mass is 9.81. The zero-order chi connectivity index (χ0) is 17.2. The van der Waals surface area contributed by atoms with Crippen molar-refractivity contribution < 1.29 is 9.59 Å². The minimum atomic E-state index is -0.531. The molecule has 0 spiro atoms. The van der Waals surface area contributed by atoms with E-state index in [1.807, 2.05) is 9.80 Å². The van der Waals surface area contributed by atoms with Gasteiger partial charge in [0.2, 0.25) is 11.8 Å². The van der Waals surface area contributed by atoms with Crippen LogP contribution in [-0.4, -0.2) is 111 Å². The van der Waals surface area contributed by atoms with E-state index < -0.39 is 5.41 Å². The molecule has 2 amide bonds. The Kier molecular flexibility index (Phi) is 7.08. The number of hydrogen-bond acceptors (Lipinski definition) is 5. The maximum atomic E-state index is 13.2. The Morgan fingerprint density at radius 2 is 1.40 bits per heavy atom. The summed E-state index contributed by atoms with van der Waals surface area (Å²) >= 11 is 0. The monoisotopic (exact) mass is 373 g/mol. The average molecular weight is 374 g/mol. The fourth-order valence-corrected chi connectivity index (χ4v) is 3.95. The molecule has 0 aromatic rings. The number of nitrogens with zero attached hydrogens (tertiary/aromatic N) is 4. The van der Waals surface area contributed by atoms with Crippen LogP contribution in [0.4, 0.5) is 0 Å². The number of amides is 2. The molecule has 7 nitrogen and oxygen atoms in total. The number of carbonyl (C=O) groups excluding carboxylic acids is 2. The smallest absolute Gasteiger partial charge is 0.230 e. The first kappa shape index (κ1) is 20.4. The van der Waals surface area contributed by atoms with Gasteiger partial charge in [0, 0.05) is 65.3 Å². The Bertz CT molecular complexity index is 468. The van der Waals surface area contributed by atoms with E-state index in [9.17, 15) is 9.59 Å². The molecule has 1 atom stereocenters. The third-order valence-electron chi connectivity index (χ3n) is 5.83. The minimum absolute atomic E-state index is 0. The molecule has 8 heteroatoms. The summed E-state index contributed by atoms with van der Waals surface area (Å²) in [5.74, 6) is 0.331. The molecule has 0 aliphatic carbocycles. The van der Waals surface area contributed by atoms with E-state index in [-0.39, 0.29) is 24.2 Å². The highest BCUT2D eigenvalue weighted by molar-refractivity contribution is 5.89. The van der Waals surface area contributed by atoms with E-state index >= 15 is 0 Å². The van der Waals surface area contributed by atoms with Crippen LogP contribution in [0.5, 0.6) is 0 Å². The van der Waals surface area contributed by atoms with Crippen molar-refractivity contribution in [2.45, 2.75) is 12.8 Å². The van der Waals surface area contributed by atoms with Crippen LogP contribution in [0.25, 0.3) is 0 Å². The zero-order valence-corrected chi connectivity index (χ0v) is 16.3. The van der Waals surface area contributed by atoms with Crippen molar-refractivity contribution in [2.75, 3.05) is 79.5 Å². The second-order valence-electron chi connectivity index (χ2n) is 7.66. The van der Waals surface area contributed by atoms with Gasteiger partial charge in [-0.2, -0.15) is 0 Å². The predicted molar refractivity (Wildman–Crippen MR) is 99.9 cm³/mol. The SMILES string of the molecule is CN1CCN(C(=O)CC2(C(=O)N3CCN(C)CC3)CCNC2)CC1.Cl. The second-order valence-corrected chi connectivity index (χ2v) is 7.66. The molecule has 3 rings (SSSR count). The molecule has 3 saturated heterocycles. The van der Waals surface area contributed by atoms with Gasteiger partial charge < -0.3 is 24.9 Å². The van der Waals surface area contributed by atoms with Gasteiger partial charge in [0.1, 0.15) is 0 Å². The quantitative estimate of drug-likeness (QED) is 0.710. The van der Waals surface area contributed by atoms with Gasteiger partial charge in [-0.3, -0.25) is 9.59 Å². The summed E-state index contributed by atoms with van der Waals surface area (Å²) in [6.07, 6.45) is 1.13. The molecule has 0 saturated carbocycles. The Hall–Kier alpha value is -0.890. The van der Waals surface area contributed by atoms with Gasteiger partial charge in [-0.05, 0) is 27.1 Å². The molecule has 25 heavy (non-hydrogen) atoms. The van der Waals surface area contributed by atoms with E-state index in [1.165, 1.54) is 0 Å². The molecule has 3 heterocycles. The number of rotatable bonds is 3. The molecule has 3 fully saturated rings. The van der Waals surface area contributed by atoms with Crippen LogP contribution < -0.4 is 5.32 Å². The van der Waals surface area contributed by atoms with Gasteiger partial charge in [0.15, 0.2) is 0 Å². The summed E-state index contributed by atoms with van der Waals surface area (Å²) in [6, 6.07) is 0. The maximum absolute atomic E-state index is 13.2. The zero-order valence-electron chi connectivity index (χ0n) is 15.5. The lowest BCUT2D eigenvalue weighted by Crippen LogP contribution is -2.55. The van der Waals surface area contributed by atoms with Gasteiger partial charge >= 0.3 is 0 Å². The van der Waals surface area contributed by atoms with Gasteiger partial charge in [0.05, 0.1) is 5.41 Å². The summed E-state index contributed by atoms with van der Waals surface area (Å²) in [6.45, 7) is 8.26. The summed E-state index contributed by atoms with van der Waals surface area (Å²) in [4.78, 5) is 34.4. The van der Waals surface area contributed by atoms with E-state index in [2.05, 4.69) is 29.2 Å². The topological polar surface area (TPSA) is 59.1 Å². The fraction of sp³-hybridized carbons (Fsp3) is 0.882. The molecule has 0 bridgehead atoms. The number of halogens is 1. The van der Waals surface area contributed by atoms with Crippen molar-refractivity contribution in [1.82, 2.24) is 24.9 Å². The lowest BCUT2D eigenvalue weighted by molar-refractivity contribution is -0.149. The summed E-state index contributed by atoms with van der Waals surface area (Å²) in [7, 11) is 4.17. The summed E-state index contributed by atoms with van der Waals surface area (Å²) in [5, 5.41) is 3.32. The van der Waals surface area contributed by atoms with Crippen LogP contribution in [0.1, 0.15) is 12.8 Å². The van der Waals surface area contributed by atoms with Crippen LogP contribution >= 0.6 is 12.4 Å². The first-order chi connectivity index (χ1) is 11.5. The molecule has 1 N–H and O–H groups in total. The van der Waals surface area contributed by atoms with Crippen molar-refractivity contribution in [1.29, 1.82) is 0 Å². The maximum Gasteiger partial charge on any atom is 0.230 e. The molecule has 1 unspecified atom stereocenters. The summed E-state index contributed by atoms with van der Waals surface area (Å²) in [5.41, 5.74) is -0.531. The predicted octanol–water partition coefficient (Wildman–Crippen LogP) is -0.674. The molecule has 0 aromatic carbocycles. The third kappa shape index (κ3) is 4.64. The van der Waals surface area contributed by atoms with E-state index in [0.717, 1.165) is 65.3 Å². The van der Waals surface area contributed by atoms with Crippen LogP contribution in [-0.2, 0) is 9.59 Å². The van der Waals surface area contributed by atoms with Crippen molar-refractivity contribution in [3.63, 3.8) is 0 Å². The van der Waals surface area contributed by atoms with Crippen LogP contribution in [0.3, 0.4) is 0 Å². The fourth-order valence-electron chi connectivity index (χ4n) is 3.95. The van der Waals surface area contributed by atoms with Crippen LogP contribution in [0, 0.1) is 5.41 Å². The lowest BCUT2D eigenvalue weighted by Gasteiger charge is -2.39. The van der Waals surface area contributed by atoms with E-state index in [0.29, 0.717) is 13.0 Å². The second kappa shape index (κ2) is 8.66. The molecule has 3 aliphatic heterocycles. The molecule has 0 radical (unpaired) electrons. The van der Waals surface area contributed by atoms with Crippen molar-refractivity contribution in [3.8, 4) is 0 Å². The van der Waals surface area contributed by atoms with E-state index in [4.69, 9.17) is 0 Å². The molecule has 3 aliphatic rings. The van der Waals surface area contributed by atoms with Crippen LogP contribution in [0.2, 0.25) is 0 Å². The number of piperazine rings is 2. The van der Waals surface area contributed by atoms with Crippen molar-refractivity contribution in [2.24, 2.45) is 5.41 Å². The van der Waals surface area contributed by atoms with Crippen molar-refractivity contribution >= 4 is 24.2 Å². The van der Waals surface area contributed by atoms with Crippen molar-refractivity contribution in [3.05, 3.63) is 0 Å². The molecular weight excluding hydrogens is 342 g/mol. The third-order valence-corrected chi connectivity index (χ3v) is 5.83. The van der Waals surface area contributed by atoms with Gasteiger partial charge in [-0.25, -0.2) is 0 Å². The first-order valence-electron chi connectivity index (χ1n) is 9.15. The van der Waals surface area contributed by atoms with Gasteiger partial charge in [0.25, 0.3) is 0 Å². The Labute approximate surface area is 157 Å². The molecule has 0 aromatic heterocycles. The number of likely N-dealkylation sites (N-methyl/N-ethyl adjacent to an activating group) is 2. The standard InChI is InChI=1S/C17H31N5O2.ClH/c1-19-5-9-21(10-6-19)15(23)13-17(3-4-18-14-17)16(24)22-11-7-20(2)8-12-22;/h18H,3-14H2,1-2H3;1H. The summed E-state index contributed by atoms with van der Waals surface area (Å²) < 4.78 is 0. The average Bonchev–Trinajstić information content (AvgIpc) is 3.05. The Balaban J connectivity index is 0.00000225. The highest BCUT2D eigenvalue weighted by Gasteiger charge is 2.46. The van der Waals surface area contributed by atoms with Gasteiger partial charge in [-0.1, -0.05) is 0 Å². The van der Waals surface area contributed by atoms with Gasteiger partial charge in [-0.15, -0.1) is 12.4 Å². The number of hydrogen-bond donors (Lipinski definition) is 1. The molecular formula is C17H32ClN5O2. The Morgan fingerprint density at radius 3 is 1.88 bits per heavy atom. The highest BCUT2D eigenvalue weighted by atomic mass is 35.5. The van der Waals surface area contributed by atoms with E-state index in [1.54, 1.807) is 0 Å². The Morgan fingerprint density at radius 1 is 0.880 bits per heavy atom. The first-order valence-corrected chi connectivity index (χ1v) is 9.15. The minimum Gasteiger partial charge on any atom is -0.340 e.